The van der Waals surface area contributed by atoms with Crippen LogP contribution in [0.4, 0.5) is 10.1 Å². The number of hydrogen-bond donors (Lipinski definition) is 1. The number of Topliss-reactive ketones (excluding diaryl/α,β-unsaturated/α-hetero) is 1. The van der Waals surface area contributed by atoms with E-state index in [0.29, 0.717) is 25.1 Å². The number of likely N-dealkylation sites (tertiary alicyclic amines) is 1. The van der Waals surface area contributed by atoms with Gasteiger partial charge in [-0.15, -0.1) is 0 Å². The lowest BCUT2D eigenvalue weighted by atomic mass is 9.98. The van der Waals surface area contributed by atoms with Crippen LogP contribution in [0, 0.1) is 11.7 Å². The van der Waals surface area contributed by atoms with E-state index in [1.165, 1.54) is 19.1 Å². The summed E-state index contributed by atoms with van der Waals surface area (Å²) in [6.07, 6.45) is 0.340. The Balaban J connectivity index is 2.19. The van der Waals surface area contributed by atoms with Crippen molar-refractivity contribution in [2.75, 3.05) is 18.4 Å². The van der Waals surface area contributed by atoms with E-state index < -0.39 is 11.7 Å². The molecule has 0 saturated carbocycles. The number of benzene rings is 1. The van der Waals surface area contributed by atoms with Gasteiger partial charge in [0.1, 0.15) is 11.6 Å². The molecule has 1 aromatic rings. The second-order valence-electron chi connectivity index (χ2n) is 5.24. The third-order valence-corrected chi connectivity index (χ3v) is 3.48. The number of rotatable bonds is 2. The van der Waals surface area contributed by atoms with Gasteiger partial charge in [-0.3, -0.25) is 14.4 Å². The predicted molar refractivity (Wildman–Crippen MR) is 75.4 cm³/mol. The first-order valence-electron chi connectivity index (χ1n) is 6.77. The Morgan fingerprint density at radius 2 is 2.10 bits per heavy atom. The summed E-state index contributed by atoms with van der Waals surface area (Å²) in [6, 6.07) is 3.85. The zero-order valence-corrected chi connectivity index (χ0v) is 12.0. The smallest absolute Gasteiger partial charge is 0.253 e. The van der Waals surface area contributed by atoms with Gasteiger partial charge in [-0.05, 0) is 18.2 Å². The van der Waals surface area contributed by atoms with Crippen molar-refractivity contribution >= 4 is 23.3 Å². The van der Waals surface area contributed by atoms with Gasteiger partial charge in [0.05, 0.1) is 5.69 Å². The molecule has 1 atom stereocenters. The number of carbonyl (C=O) groups excluding carboxylic acids is 3. The van der Waals surface area contributed by atoms with Crippen LogP contribution < -0.4 is 5.32 Å². The molecule has 21 heavy (non-hydrogen) atoms. The van der Waals surface area contributed by atoms with Crippen LogP contribution in [0.15, 0.2) is 18.2 Å². The second-order valence-corrected chi connectivity index (χ2v) is 5.24. The fourth-order valence-corrected chi connectivity index (χ4v) is 2.33. The molecule has 6 heteroatoms. The number of piperidine rings is 1. The van der Waals surface area contributed by atoms with Crippen LogP contribution in [0.3, 0.4) is 0 Å². The fourth-order valence-electron chi connectivity index (χ4n) is 2.33. The molecule has 1 heterocycles. The number of ketones is 1. The van der Waals surface area contributed by atoms with Crippen molar-refractivity contribution in [3.05, 3.63) is 29.6 Å². The second kappa shape index (κ2) is 6.03. The van der Waals surface area contributed by atoms with E-state index in [1.54, 1.807) is 11.8 Å². The molecule has 1 aliphatic heterocycles. The van der Waals surface area contributed by atoms with Gasteiger partial charge < -0.3 is 10.2 Å². The molecule has 0 radical (unpaired) electrons. The monoisotopic (exact) mass is 292 g/mol. The van der Waals surface area contributed by atoms with Crippen molar-refractivity contribution in [3.8, 4) is 0 Å². The minimum Gasteiger partial charge on any atom is -0.337 e. The Hall–Kier alpha value is -2.24. The summed E-state index contributed by atoms with van der Waals surface area (Å²) < 4.78 is 13.6. The number of halogens is 1. The van der Waals surface area contributed by atoms with Gasteiger partial charge >= 0.3 is 0 Å². The lowest BCUT2D eigenvalue weighted by molar-refractivity contribution is -0.124. The molecule has 0 aliphatic carbocycles. The van der Waals surface area contributed by atoms with Crippen LogP contribution in [-0.2, 0) is 9.59 Å². The predicted octanol–water partition coefficient (Wildman–Crippen LogP) is 1.84. The summed E-state index contributed by atoms with van der Waals surface area (Å²) in [4.78, 5) is 36.5. The highest BCUT2D eigenvalue weighted by Crippen LogP contribution is 2.20. The molecule has 5 nitrogen and oxygen atoms in total. The average molecular weight is 292 g/mol. The molecule has 2 amide bonds. The van der Waals surface area contributed by atoms with Gasteiger partial charge in [0.25, 0.3) is 5.91 Å². The Labute approximate surface area is 122 Å². The van der Waals surface area contributed by atoms with Gasteiger partial charge in [-0.1, -0.05) is 6.92 Å². The van der Waals surface area contributed by atoms with E-state index in [2.05, 4.69) is 5.32 Å². The molecule has 1 saturated heterocycles. The van der Waals surface area contributed by atoms with Crippen molar-refractivity contribution < 1.29 is 18.8 Å². The normalized spacial score (nSPS) is 18.5. The molecule has 0 bridgehead atoms. The zero-order valence-electron chi connectivity index (χ0n) is 12.0. The number of nitrogens with zero attached hydrogens (tertiary/aromatic N) is 1. The highest BCUT2D eigenvalue weighted by Gasteiger charge is 2.27. The topological polar surface area (TPSA) is 66.5 Å². The molecule has 1 aliphatic rings. The van der Waals surface area contributed by atoms with E-state index >= 15 is 0 Å². The van der Waals surface area contributed by atoms with Crippen LogP contribution in [0.25, 0.3) is 0 Å². The molecule has 112 valence electrons. The Bertz CT molecular complexity index is 601. The maximum Gasteiger partial charge on any atom is 0.253 e. The number of carbonyl (C=O) groups is 3. The zero-order chi connectivity index (χ0) is 15.6. The van der Waals surface area contributed by atoms with Crippen LogP contribution in [0.5, 0.6) is 0 Å². The minimum absolute atomic E-state index is 0.0190. The largest absolute Gasteiger partial charge is 0.337 e. The number of nitrogens with one attached hydrogen (secondary N) is 1. The van der Waals surface area contributed by atoms with Crippen LogP contribution in [0.1, 0.15) is 30.6 Å². The molecule has 0 aromatic heterocycles. The van der Waals surface area contributed by atoms with E-state index in [-0.39, 0.29) is 23.3 Å². The van der Waals surface area contributed by atoms with Crippen molar-refractivity contribution in [1.82, 2.24) is 4.90 Å². The molecule has 0 spiro atoms. The van der Waals surface area contributed by atoms with Gasteiger partial charge in [-0.25, -0.2) is 4.39 Å². The summed E-state index contributed by atoms with van der Waals surface area (Å²) >= 11 is 0. The Morgan fingerprint density at radius 3 is 2.71 bits per heavy atom. The van der Waals surface area contributed by atoms with Gasteiger partial charge in [0.15, 0.2) is 0 Å². The first-order chi connectivity index (χ1) is 9.88. The maximum atomic E-state index is 13.6. The van der Waals surface area contributed by atoms with Gasteiger partial charge in [0.2, 0.25) is 5.91 Å². The van der Waals surface area contributed by atoms with Crippen molar-refractivity contribution in [3.63, 3.8) is 0 Å². The Morgan fingerprint density at radius 1 is 1.38 bits per heavy atom. The molecule has 2 rings (SSSR count). The van der Waals surface area contributed by atoms with Crippen LogP contribution in [0.2, 0.25) is 0 Å². The SMILES string of the molecule is CC(=O)Nc1cc(C(=O)N2CCC(=O)[C@H](C)C2)ccc1F. The van der Waals surface area contributed by atoms with Crippen LogP contribution in [-0.4, -0.2) is 35.6 Å². The minimum atomic E-state index is -0.594. The molecular weight excluding hydrogens is 275 g/mol. The van der Waals surface area contributed by atoms with Crippen molar-refractivity contribution in [2.45, 2.75) is 20.3 Å². The highest BCUT2D eigenvalue weighted by atomic mass is 19.1. The van der Waals surface area contributed by atoms with E-state index in [0.717, 1.165) is 6.07 Å². The van der Waals surface area contributed by atoms with Gasteiger partial charge in [-0.2, -0.15) is 0 Å². The van der Waals surface area contributed by atoms with Crippen molar-refractivity contribution in [1.29, 1.82) is 0 Å². The standard InChI is InChI=1S/C15H17FN2O3/c1-9-8-18(6-5-14(9)20)15(21)11-3-4-12(16)13(7-11)17-10(2)19/h3-4,7,9H,5-6,8H2,1-2H3,(H,17,19)/t9-/m1/s1. The third-order valence-electron chi connectivity index (χ3n) is 3.48. The quantitative estimate of drug-likeness (QED) is 0.904. The molecule has 1 fully saturated rings. The lowest BCUT2D eigenvalue weighted by Crippen LogP contribution is -2.43. The molecule has 1 aromatic carbocycles. The summed E-state index contributed by atoms with van der Waals surface area (Å²) in [5.41, 5.74) is 0.274. The first kappa shape index (κ1) is 15.2. The summed E-state index contributed by atoms with van der Waals surface area (Å²) in [5, 5.41) is 2.35. The van der Waals surface area contributed by atoms with Crippen LogP contribution >= 0.6 is 0 Å². The highest BCUT2D eigenvalue weighted by molar-refractivity contribution is 5.98. The number of anilines is 1. The van der Waals surface area contributed by atoms with Gasteiger partial charge in [0, 0.05) is 37.9 Å². The lowest BCUT2D eigenvalue weighted by Gasteiger charge is -2.30. The molecule has 0 unspecified atom stereocenters. The number of hydrogen-bond acceptors (Lipinski definition) is 3. The summed E-state index contributed by atoms with van der Waals surface area (Å²) in [7, 11) is 0. The molecule has 1 N–H and O–H groups in total. The number of amides is 2. The van der Waals surface area contributed by atoms with E-state index in [9.17, 15) is 18.8 Å². The van der Waals surface area contributed by atoms with E-state index in [1.807, 2.05) is 0 Å². The maximum absolute atomic E-state index is 13.6. The third kappa shape index (κ3) is 3.45. The fraction of sp³-hybridized carbons (Fsp3) is 0.400. The first-order valence-corrected chi connectivity index (χ1v) is 6.77. The molecular formula is C15H17FN2O3. The Kier molecular flexibility index (Phi) is 4.35. The summed E-state index contributed by atoms with van der Waals surface area (Å²) in [5.74, 6) is -1.30. The average Bonchev–Trinajstić information content (AvgIpc) is 2.43. The summed E-state index contributed by atoms with van der Waals surface area (Å²) in [6.45, 7) is 3.79. The van der Waals surface area contributed by atoms with E-state index in [4.69, 9.17) is 0 Å². The van der Waals surface area contributed by atoms with Crippen molar-refractivity contribution in [2.24, 2.45) is 5.92 Å².